The number of carbonyl (C=O) groups excluding carboxylic acids is 2. The Kier molecular flexibility index (Phi) is 12.1. The molecule has 61 heavy (non-hydrogen) atoms. The third kappa shape index (κ3) is 8.78. The lowest BCUT2D eigenvalue weighted by atomic mass is 9.90. The van der Waals surface area contributed by atoms with Crippen molar-refractivity contribution < 1.29 is 9.59 Å². The van der Waals surface area contributed by atoms with Gasteiger partial charge in [0.1, 0.15) is 5.69 Å². The number of nitrogens with zero attached hydrogens (tertiary/aromatic N) is 8. The Morgan fingerprint density at radius 1 is 0.934 bits per heavy atom. The normalized spacial score (nSPS) is 19.9. The topological polar surface area (TPSA) is 140 Å². The predicted molar refractivity (Wildman–Crippen MR) is 243 cm³/mol. The van der Waals surface area contributed by atoms with Gasteiger partial charge >= 0.3 is 0 Å². The molecule has 1 aliphatic carbocycles. The van der Waals surface area contributed by atoms with Gasteiger partial charge in [0.25, 0.3) is 5.91 Å². The van der Waals surface area contributed by atoms with Crippen molar-refractivity contribution >= 4 is 51.9 Å². The first-order chi connectivity index (χ1) is 29.7. The first kappa shape index (κ1) is 41.1. The first-order valence-electron chi connectivity index (χ1n) is 22.2. The van der Waals surface area contributed by atoms with Crippen LogP contribution in [-0.2, 0) is 17.8 Å². The second kappa shape index (κ2) is 18.0. The van der Waals surface area contributed by atoms with Gasteiger partial charge in [0.15, 0.2) is 11.5 Å². The maximum Gasteiger partial charge on any atom is 0.269 e. The Morgan fingerprint density at radius 3 is 2.44 bits per heavy atom. The van der Waals surface area contributed by atoms with Crippen LogP contribution >= 0.6 is 11.6 Å². The van der Waals surface area contributed by atoms with E-state index in [0.717, 1.165) is 112 Å². The molecule has 14 heteroatoms. The van der Waals surface area contributed by atoms with E-state index in [9.17, 15) is 9.59 Å². The number of anilines is 4. The highest BCUT2D eigenvalue weighted by atomic mass is 35.5. The number of hydrogen-bond donors (Lipinski definition) is 3. The van der Waals surface area contributed by atoms with E-state index in [1.807, 2.05) is 25.4 Å². The van der Waals surface area contributed by atoms with E-state index in [2.05, 4.69) is 84.7 Å². The van der Waals surface area contributed by atoms with Gasteiger partial charge in [-0.15, -0.1) is 5.10 Å². The van der Waals surface area contributed by atoms with Crippen LogP contribution in [0, 0.1) is 0 Å². The number of primary amides is 1. The summed E-state index contributed by atoms with van der Waals surface area (Å²) < 4.78 is 1.52. The largest absolute Gasteiger partial charge is 0.385 e. The van der Waals surface area contributed by atoms with Crippen LogP contribution in [0.4, 0.5) is 22.9 Å². The van der Waals surface area contributed by atoms with Gasteiger partial charge in [0.2, 0.25) is 5.91 Å². The number of nitrogens with two attached hydrogens (primary N) is 1. The number of rotatable bonds is 10. The zero-order valence-electron chi connectivity index (χ0n) is 35.5. The highest BCUT2D eigenvalue weighted by Gasteiger charge is 2.32. The van der Waals surface area contributed by atoms with Crippen LogP contribution < -0.4 is 26.2 Å². The monoisotopic (exact) mass is 843 g/mol. The van der Waals surface area contributed by atoms with E-state index < -0.39 is 5.91 Å². The molecule has 13 nitrogen and oxygen atoms in total. The Morgan fingerprint density at radius 2 is 1.74 bits per heavy atom. The van der Waals surface area contributed by atoms with Gasteiger partial charge in [-0.3, -0.25) is 19.5 Å². The zero-order valence-corrected chi connectivity index (χ0v) is 36.2. The minimum atomic E-state index is -0.572. The molecule has 2 aromatic carbocycles. The van der Waals surface area contributed by atoms with Crippen LogP contribution in [0.15, 0.2) is 67.0 Å². The Bertz CT molecular complexity index is 2360. The summed E-state index contributed by atoms with van der Waals surface area (Å²) in [5.74, 6) is 0.0741. The average molecular weight is 845 g/mol. The third-order valence-corrected chi connectivity index (χ3v) is 13.7. The summed E-state index contributed by atoms with van der Waals surface area (Å²) >= 11 is 6.61. The molecule has 10 rings (SSSR count). The number of pyridine rings is 1. The van der Waals surface area contributed by atoms with Crippen molar-refractivity contribution in [3.05, 3.63) is 94.4 Å². The molecule has 1 saturated carbocycles. The lowest BCUT2D eigenvalue weighted by Crippen LogP contribution is -2.50. The van der Waals surface area contributed by atoms with E-state index >= 15 is 0 Å². The molecule has 320 valence electrons. The summed E-state index contributed by atoms with van der Waals surface area (Å²) in [6.07, 6.45) is 15.3. The van der Waals surface area contributed by atoms with Crippen LogP contribution in [0.2, 0.25) is 5.02 Å². The number of piperidine rings is 3. The maximum absolute atomic E-state index is 12.6. The molecule has 7 heterocycles. The molecule has 4 N–H and O–H groups in total. The fraction of sp³-hybridized carbons (Fsp3) is 0.468. The molecule has 3 aromatic heterocycles. The summed E-state index contributed by atoms with van der Waals surface area (Å²) in [7, 11) is 4.02. The maximum atomic E-state index is 12.6. The van der Waals surface area contributed by atoms with Crippen LogP contribution in [-0.4, -0.2) is 107 Å². The minimum Gasteiger partial charge on any atom is -0.385 e. The number of amides is 2. The number of aromatic nitrogens is 4. The van der Waals surface area contributed by atoms with Gasteiger partial charge in [-0.25, -0.2) is 9.50 Å². The van der Waals surface area contributed by atoms with Crippen LogP contribution in [0.5, 0.6) is 0 Å². The number of likely N-dealkylation sites (tertiary alicyclic amines) is 2. The van der Waals surface area contributed by atoms with E-state index in [1.54, 1.807) is 0 Å². The molecule has 5 aliphatic rings. The average Bonchev–Trinajstić information content (AvgIpc) is 4.01. The molecular formula is C47H58ClN11O2. The number of fused-ring (bicyclic) bond motifs is 2. The highest BCUT2D eigenvalue weighted by Crippen LogP contribution is 2.40. The SMILES string of the molecule is C1CC1.CNc1cc(N2CCc3c(-c4ccc(CN5CCC(N6CCC(N(C)c7ccc(Cl)c(C8CCCNC8=O)c7)CC6)CC5)cn4)cccc32)nn2c(C(N)=O)cnc12. The van der Waals surface area contributed by atoms with Gasteiger partial charge in [0, 0.05) is 93.1 Å². The Balaban J connectivity index is 0.00000152. The molecule has 3 saturated heterocycles. The fourth-order valence-corrected chi connectivity index (χ4v) is 9.91. The van der Waals surface area contributed by atoms with Crippen molar-refractivity contribution in [1.82, 2.24) is 34.7 Å². The van der Waals surface area contributed by atoms with Crippen molar-refractivity contribution in [2.45, 2.75) is 88.8 Å². The molecule has 4 fully saturated rings. The number of halogens is 1. The Labute approximate surface area is 363 Å². The quantitative estimate of drug-likeness (QED) is 0.135. The smallest absolute Gasteiger partial charge is 0.269 e. The summed E-state index contributed by atoms with van der Waals surface area (Å²) in [5, 5.41) is 11.7. The summed E-state index contributed by atoms with van der Waals surface area (Å²) in [6.45, 7) is 6.81. The van der Waals surface area contributed by atoms with Gasteiger partial charge in [-0.05, 0) is 105 Å². The predicted octanol–water partition coefficient (Wildman–Crippen LogP) is 7.01. The van der Waals surface area contributed by atoms with Gasteiger partial charge < -0.3 is 31.1 Å². The lowest BCUT2D eigenvalue weighted by Gasteiger charge is -2.44. The second-order valence-electron chi connectivity index (χ2n) is 17.3. The van der Waals surface area contributed by atoms with Crippen molar-refractivity contribution in [2.24, 2.45) is 5.73 Å². The lowest BCUT2D eigenvalue weighted by molar-refractivity contribution is -0.123. The third-order valence-electron chi connectivity index (χ3n) is 13.3. The van der Waals surface area contributed by atoms with E-state index in [1.165, 1.54) is 53.9 Å². The summed E-state index contributed by atoms with van der Waals surface area (Å²) in [6, 6.07) is 20.0. The number of imidazole rings is 1. The molecule has 1 atom stereocenters. The van der Waals surface area contributed by atoms with Crippen LogP contribution in [0.1, 0.15) is 90.9 Å². The number of carbonyl (C=O) groups is 2. The molecule has 0 bridgehead atoms. The fourth-order valence-electron chi connectivity index (χ4n) is 9.67. The summed E-state index contributed by atoms with van der Waals surface area (Å²) in [5.41, 5.74) is 14.9. The first-order valence-corrected chi connectivity index (χ1v) is 22.6. The number of nitrogens with one attached hydrogen (secondary N) is 2. The van der Waals surface area contributed by atoms with Gasteiger partial charge in [-0.1, -0.05) is 49.1 Å². The van der Waals surface area contributed by atoms with Crippen molar-refractivity contribution in [2.75, 3.05) is 68.5 Å². The Hall–Kier alpha value is -5.24. The van der Waals surface area contributed by atoms with Gasteiger partial charge in [0.05, 0.1) is 23.5 Å². The minimum absolute atomic E-state index is 0.0919. The molecule has 2 amide bonds. The number of hydrogen-bond acceptors (Lipinski definition) is 10. The molecular weight excluding hydrogens is 786 g/mol. The van der Waals surface area contributed by atoms with Crippen LogP contribution in [0.3, 0.4) is 0 Å². The second-order valence-corrected chi connectivity index (χ2v) is 17.7. The van der Waals surface area contributed by atoms with Crippen LogP contribution in [0.25, 0.3) is 16.9 Å². The molecule has 4 aliphatic heterocycles. The van der Waals surface area contributed by atoms with E-state index in [-0.39, 0.29) is 17.5 Å². The summed E-state index contributed by atoms with van der Waals surface area (Å²) in [4.78, 5) is 43.9. The van der Waals surface area contributed by atoms with Gasteiger partial charge in [-0.2, -0.15) is 0 Å². The number of benzene rings is 2. The molecule has 0 radical (unpaired) electrons. The van der Waals surface area contributed by atoms with Crippen molar-refractivity contribution in [3.63, 3.8) is 0 Å². The van der Waals surface area contributed by atoms with E-state index in [0.29, 0.717) is 28.6 Å². The zero-order chi connectivity index (χ0) is 42.0. The van der Waals surface area contributed by atoms with Crippen molar-refractivity contribution in [3.8, 4) is 11.3 Å². The van der Waals surface area contributed by atoms with Crippen molar-refractivity contribution in [1.29, 1.82) is 0 Å². The highest BCUT2D eigenvalue weighted by molar-refractivity contribution is 6.31. The molecule has 5 aromatic rings. The van der Waals surface area contributed by atoms with E-state index in [4.69, 9.17) is 27.4 Å². The molecule has 0 spiro atoms. The molecule has 1 unspecified atom stereocenters. The standard InChI is InChI=1S/C44H52ClN11O2.C3H6/c1-47-38-24-41(51-56-40(42(46)57)26-50-43(38)56)55-22-16-33-32(5-3-7-39(33)55)37-11-8-28(25-49-37)27-53-18-12-30(13-19-53)54-20-14-29(15-21-54)52(2)31-9-10-36(45)35(23-31)34-6-4-17-48-44(34)58;1-2-3-1/h3,5,7-11,23-26,29-30,34,47H,4,6,12-22,27H2,1-2H3,(H2,46,57)(H,48,58);1-3H2.